The number of rotatable bonds is 5. The third-order valence-electron chi connectivity index (χ3n) is 5.61. The Bertz CT molecular complexity index is 747. The van der Waals surface area contributed by atoms with Crippen LogP contribution in [0.15, 0.2) is 40.2 Å². The number of hydrogen-bond acceptors (Lipinski definition) is 4. The molecule has 0 aliphatic carbocycles. The van der Waals surface area contributed by atoms with E-state index >= 15 is 0 Å². The first-order valence-corrected chi connectivity index (χ1v) is 12.7. The van der Waals surface area contributed by atoms with Gasteiger partial charge in [0.25, 0.3) is 0 Å². The van der Waals surface area contributed by atoms with Crippen molar-refractivity contribution < 1.29 is 8.42 Å². The molecule has 2 fully saturated rings. The van der Waals surface area contributed by atoms with Crippen molar-refractivity contribution in [1.82, 2.24) is 14.5 Å². The Labute approximate surface area is 173 Å². The molecule has 0 amide bonds. The Hall–Kier alpha value is -1.25. The molecule has 0 spiro atoms. The van der Waals surface area contributed by atoms with Gasteiger partial charge in [0.1, 0.15) is 0 Å². The van der Waals surface area contributed by atoms with Crippen molar-refractivity contribution in [2.45, 2.75) is 36.3 Å². The topological polar surface area (TPSA) is 65.0 Å². The van der Waals surface area contributed by atoms with Crippen LogP contribution in [0.4, 0.5) is 0 Å². The summed E-state index contributed by atoms with van der Waals surface area (Å²) in [5, 5.41) is 4.22. The zero-order valence-corrected chi connectivity index (χ0v) is 18.5. The van der Waals surface area contributed by atoms with Gasteiger partial charge >= 0.3 is 0 Å². The van der Waals surface area contributed by atoms with E-state index in [9.17, 15) is 8.42 Å². The predicted octanol–water partition coefficient (Wildman–Crippen LogP) is 2.49. The molecule has 2 aliphatic heterocycles. The maximum absolute atomic E-state index is 12.8. The molecule has 2 aliphatic rings. The molecule has 0 bridgehead atoms. The number of hydrogen-bond donors (Lipinski definition) is 1. The lowest BCUT2D eigenvalue weighted by Crippen LogP contribution is -2.49. The highest BCUT2D eigenvalue weighted by Gasteiger charge is 2.29. The van der Waals surface area contributed by atoms with Crippen LogP contribution < -0.4 is 5.32 Å². The maximum Gasteiger partial charge on any atom is 0.243 e. The summed E-state index contributed by atoms with van der Waals surface area (Å²) in [6, 6.07) is 8.74. The number of nitrogens with one attached hydrogen (secondary N) is 1. The van der Waals surface area contributed by atoms with Crippen molar-refractivity contribution in [3.05, 3.63) is 30.3 Å². The van der Waals surface area contributed by atoms with Crippen molar-refractivity contribution in [2.75, 3.05) is 45.5 Å². The lowest BCUT2D eigenvalue weighted by Gasteiger charge is -2.36. The molecule has 6 nitrogen and oxygen atoms in total. The summed E-state index contributed by atoms with van der Waals surface area (Å²) in [6.45, 7) is 6.35. The lowest BCUT2D eigenvalue weighted by atomic mass is 9.98. The number of nitrogens with zero attached hydrogens (tertiary/aromatic N) is 3. The number of thioether (sulfide) groups is 1. The van der Waals surface area contributed by atoms with Crippen molar-refractivity contribution in [1.29, 1.82) is 0 Å². The van der Waals surface area contributed by atoms with Crippen LogP contribution in [0.5, 0.6) is 0 Å². The zero-order valence-electron chi connectivity index (χ0n) is 16.9. The van der Waals surface area contributed by atoms with Crippen LogP contribution in [0.2, 0.25) is 0 Å². The van der Waals surface area contributed by atoms with Crippen LogP contribution >= 0.6 is 11.8 Å². The minimum absolute atomic E-state index is 0.389. The van der Waals surface area contributed by atoms with E-state index < -0.39 is 10.0 Å². The Kier molecular flexibility index (Phi) is 7.65. The average Bonchev–Trinajstić information content (AvgIpc) is 2.75. The summed E-state index contributed by atoms with van der Waals surface area (Å²) in [6.07, 6.45) is 2.94. The second kappa shape index (κ2) is 9.98. The van der Waals surface area contributed by atoms with Crippen molar-refractivity contribution >= 4 is 27.7 Å². The average molecular weight is 425 g/mol. The van der Waals surface area contributed by atoms with Crippen LogP contribution in [0.1, 0.15) is 26.2 Å². The highest BCUT2D eigenvalue weighted by Crippen LogP contribution is 2.24. The van der Waals surface area contributed by atoms with E-state index in [1.165, 1.54) is 6.42 Å². The third kappa shape index (κ3) is 5.21. The Morgan fingerprint density at radius 3 is 2.57 bits per heavy atom. The van der Waals surface area contributed by atoms with Gasteiger partial charge in [0.2, 0.25) is 10.0 Å². The summed E-state index contributed by atoms with van der Waals surface area (Å²) < 4.78 is 27.1. The van der Waals surface area contributed by atoms with Gasteiger partial charge in [-0.2, -0.15) is 16.1 Å². The number of piperidine rings is 1. The molecular weight excluding hydrogens is 392 g/mol. The van der Waals surface area contributed by atoms with Gasteiger partial charge in [-0.25, -0.2) is 8.42 Å². The van der Waals surface area contributed by atoms with E-state index in [0.717, 1.165) is 44.2 Å². The molecule has 1 aromatic rings. The standard InChI is InChI=1S/C20H32N4O2S2/c1-3-18-16-23(13-14-27-18)20(21-2)22-15-17-9-11-24(12-10-17)28(25,26)19-7-5-4-6-8-19/h4-8,17-18H,3,9-16H2,1-2H3,(H,21,22). The van der Waals surface area contributed by atoms with Crippen LogP contribution in [-0.2, 0) is 10.0 Å². The molecule has 1 unspecified atom stereocenters. The molecule has 0 aromatic heterocycles. The minimum Gasteiger partial charge on any atom is -0.356 e. The van der Waals surface area contributed by atoms with Crippen molar-refractivity contribution in [3.8, 4) is 0 Å². The third-order valence-corrected chi connectivity index (χ3v) is 8.89. The van der Waals surface area contributed by atoms with E-state index in [-0.39, 0.29) is 0 Å². The molecule has 28 heavy (non-hydrogen) atoms. The molecule has 2 heterocycles. The smallest absolute Gasteiger partial charge is 0.243 e. The fourth-order valence-corrected chi connectivity index (χ4v) is 6.49. The predicted molar refractivity (Wildman–Crippen MR) is 117 cm³/mol. The number of aliphatic imine (C=N–C) groups is 1. The molecule has 1 aromatic carbocycles. The van der Waals surface area contributed by atoms with Gasteiger partial charge in [-0.05, 0) is 37.3 Å². The Balaban J connectivity index is 1.49. The van der Waals surface area contributed by atoms with Gasteiger partial charge in [0, 0.05) is 50.8 Å². The van der Waals surface area contributed by atoms with Gasteiger partial charge < -0.3 is 10.2 Å². The molecule has 0 saturated carbocycles. The minimum atomic E-state index is -3.37. The quantitative estimate of drug-likeness (QED) is 0.581. The largest absolute Gasteiger partial charge is 0.356 e. The van der Waals surface area contributed by atoms with Crippen LogP contribution in [0.3, 0.4) is 0 Å². The highest BCUT2D eigenvalue weighted by molar-refractivity contribution is 8.00. The van der Waals surface area contributed by atoms with Crippen LogP contribution in [0, 0.1) is 5.92 Å². The summed E-state index contributed by atoms with van der Waals surface area (Å²) in [5.74, 6) is 2.60. The molecule has 1 atom stereocenters. The van der Waals surface area contributed by atoms with Crippen LogP contribution in [0.25, 0.3) is 0 Å². The van der Waals surface area contributed by atoms with Crippen LogP contribution in [-0.4, -0.2) is 74.4 Å². The molecular formula is C20H32N4O2S2. The monoisotopic (exact) mass is 424 g/mol. The van der Waals surface area contributed by atoms with Gasteiger partial charge in [0.05, 0.1) is 4.90 Å². The molecule has 2 saturated heterocycles. The first-order chi connectivity index (χ1) is 13.5. The second-order valence-electron chi connectivity index (χ2n) is 7.44. The van der Waals surface area contributed by atoms with E-state index in [4.69, 9.17) is 0 Å². The SMILES string of the molecule is CCC1CN(C(=NC)NCC2CCN(S(=O)(=O)c3ccccc3)CC2)CCS1. The van der Waals surface area contributed by atoms with E-state index in [0.29, 0.717) is 29.2 Å². The fourth-order valence-electron chi connectivity index (χ4n) is 3.82. The Morgan fingerprint density at radius 2 is 1.93 bits per heavy atom. The van der Waals surface area contributed by atoms with Gasteiger partial charge in [-0.15, -0.1) is 0 Å². The van der Waals surface area contributed by atoms with E-state index in [2.05, 4.69) is 33.9 Å². The number of guanidine groups is 1. The summed E-state index contributed by atoms with van der Waals surface area (Å²) >= 11 is 2.05. The summed E-state index contributed by atoms with van der Waals surface area (Å²) in [7, 11) is -1.52. The lowest BCUT2D eigenvalue weighted by molar-refractivity contribution is 0.271. The summed E-state index contributed by atoms with van der Waals surface area (Å²) in [4.78, 5) is 7.22. The maximum atomic E-state index is 12.8. The van der Waals surface area contributed by atoms with Gasteiger partial charge in [-0.3, -0.25) is 4.99 Å². The van der Waals surface area contributed by atoms with Crippen molar-refractivity contribution in [3.63, 3.8) is 0 Å². The van der Waals surface area contributed by atoms with E-state index in [1.807, 2.05) is 13.1 Å². The summed E-state index contributed by atoms with van der Waals surface area (Å²) in [5.41, 5.74) is 0. The normalized spacial score (nSPS) is 23.0. The molecule has 0 radical (unpaired) electrons. The molecule has 1 N–H and O–H groups in total. The fraction of sp³-hybridized carbons (Fsp3) is 0.650. The van der Waals surface area contributed by atoms with Gasteiger partial charge in [-0.1, -0.05) is 25.1 Å². The zero-order chi connectivity index (χ0) is 20.0. The molecule has 8 heteroatoms. The Morgan fingerprint density at radius 1 is 1.21 bits per heavy atom. The van der Waals surface area contributed by atoms with E-state index in [1.54, 1.807) is 28.6 Å². The highest BCUT2D eigenvalue weighted by atomic mass is 32.2. The first-order valence-electron chi connectivity index (χ1n) is 10.2. The number of sulfonamides is 1. The van der Waals surface area contributed by atoms with Gasteiger partial charge in [0.15, 0.2) is 5.96 Å². The first kappa shape index (κ1) is 21.5. The number of benzene rings is 1. The van der Waals surface area contributed by atoms with Crippen molar-refractivity contribution in [2.24, 2.45) is 10.9 Å². The molecule has 3 rings (SSSR count). The second-order valence-corrected chi connectivity index (χ2v) is 10.8. The molecule has 156 valence electrons.